The van der Waals surface area contributed by atoms with Gasteiger partial charge in [-0.1, -0.05) is 61.5 Å². The van der Waals surface area contributed by atoms with E-state index in [1.165, 1.54) is 16.7 Å². The third-order valence-corrected chi connectivity index (χ3v) is 7.10. The molecular formula is C28H28ClN3O. The highest BCUT2D eigenvalue weighted by Gasteiger charge is 2.28. The number of halogens is 1. The predicted molar refractivity (Wildman–Crippen MR) is 134 cm³/mol. The Balaban J connectivity index is 1.36. The van der Waals surface area contributed by atoms with Crippen molar-refractivity contribution < 1.29 is 4.79 Å². The summed E-state index contributed by atoms with van der Waals surface area (Å²) in [7, 11) is 0. The smallest absolute Gasteiger partial charge is 0.228 e. The van der Waals surface area contributed by atoms with Gasteiger partial charge in [-0.2, -0.15) is 0 Å². The van der Waals surface area contributed by atoms with E-state index in [-0.39, 0.29) is 5.91 Å². The van der Waals surface area contributed by atoms with Gasteiger partial charge in [0.15, 0.2) is 0 Å². The van der Waals surface area contributed by atoms with Crippen molar-refractivity contribution in [3.63, 3.8) is 0 Å². The van der Waals surface area contributed by atoms with Crippen LogP contribution in [0.3, 0.4) is 0 Å². The van der Waals surface area contributed by atoms with E-state index in [1.54, 1.807) is 4.90 Å². The summed E-state index contributed by atoms with van der Waals surface area (Å²) in [6.45, 7) is 8.77. The lowest BCUT2D eigenvalue weighted by Gasteiger charge is -2.36. The maximum absolute atomic E-state index is 12.9. The van der Waals surface area contributed by atoms with Crippen LogP contribution in [-0.2, 0) is 30.6 Å². The molecule has 5 heteroatoms. The molecule has 0 aliphatic carbocycles. The first-order valence-corrected chi connectivity index (χ1v) is 12.0. The number of fused-ring (bicyclic) bond motifs is 2. The van der Waals surface area contributed by atoms with Crippen molar-refractivity contribution in [2.45, 2.75) is 39.2 Å². The van der Waals surface area contributed by atoms with Crippen molar-refractivity contribution >= 4 is 23.3 Å². The SMILES string of the molecule is C=C(CN1C(=O)CCc2cc(-c3ccccc3Cl)cnc21)N1CCc2ccc(CC)cc2C1. The fraction of sp³-hybridized carbons (Fsp3) is 0.286. The number of carbonyl (C=O) groups is 1. The van der Waals surface area contributed by atoms with Gasteiger partial charge in [0.05, 0.1) is 6.54 Å². The molecule has 3 heterocycles. The maximum atomic E-state index is 12.9. The Labute approximate surface area is 200 Å². The van der Waals surface area contributed by atoms with Gasteiger partial charge < -0.3 is 4.90 Å². The molecule has 168 valence electrons. The van der Waals surface area contributed by atoms with Crippen LogP contribution < -0.4 is 4.90 Å². The lowest BCUT2D eigenvalue weighted by atomic mass is 9.96. The van der Waals surface area contributed by atoms with E-state index in [0.29, 0.717) is 24.4 Å². The molecule has 0 bridgehead atoms. The van der Waals surface area contributed by atoms with E-state index in [0.717, 1.165) is 54.1 Å². The van der Waals surface area contributed by atoms with E-state index in [2.05, 4.69) is 42.7 Å². The first-order chi connectivity index (χ1) is 16.0. The van der Waals surface area contributed by atoms with Gasteiger partial charge in [0.25, 0.3) is 0 Å². The summed E-state index contributed by atoms with van der Waals surface area (Å²) in [5, 5.41) is 0.702. The van der Waals surface area contributed by atoms with Gasteiger partial charge in [-0.25, -0.2) is 4.98 Å². The largest absolute Gasteiger partial charge is 0.369 e. The second-order valence-electron chi connectivity index (χ2n) is 8.86. The monoisotopic (exact) mass is 457 g/mol. The molecule has 1 amide bonds. The molecule has 0 fully saturated rings. The molecule has 0 spiro atoms. The van der Waals surface area contributed by atoms with Crippen LogP contribution in [0.15, 0.2) is 67.0 Å². The molecule has 0 saturated heterocycles. The zero-order chi connectivity index (χ0) is 22.9. The number of nitrogens with zero attached hydrogens (tertiary/aromatic N) is 3. The fourth-order valence-corrected chi connectivity index (χ4v) is 5.06. The number of hydrogen-bond acceptors (Lipinski definition) is 3. The topological polar surface area (TPSA) is 36.4 Å². The van der Waals surface area contributed by atoms with E-state index >= 15 is 0 Å². The number of pyridine rings is 1. The quantitative estimate of drug-likeness (QED) is 0.484. The number of aryl methyl sites for hydroxylation is 2. The standard InChI is InChI=1S/C28H28ClN3O/c1-3-20-8-9-21-12-13-31(18-24(21)14-20)19(2)17-32-27(33)11-10-22-15-23(16-30-28(22)32)25-6-4-5-7-26(25)29/h4-9,14-16H,2-3,10-13,17-18H2,1H3. The second-order valence-corrected chi connectivity index (χ2v) is 9.27. The van der Waals surface area contributed by atoms with Crippen molar-refractivity contribution in [1.82, 2.24) is 9.88 Å². The van der Waals surface area contributed by atoms with E-state index in [4.69, 9.17) is 16.6 Å². The average molecular weight is 458 g/mol. The minimum absolute atomic E-state index is 0.104. The van der Waals surface area contributed by atoms with Gasteiger partial charge in [-0.05, 0) is 53.6 Å². The molecule has 0 N–H and O–H groups in total. The van der Waals surface area contributed by atoms with Gasteiger partial charge in [-0.15, -0.1) is 0 Å². The van der Waals surface area contributed by atoms with Crippen molar-refractivity contribution in [2.75, 3.05) is 18.0 Å². The molecule has 2 aromatic carbocycles. The third kappa shape index (κ3) is 4.28. The number of benzene rings is 2. The Kier molecular flexibility index (Phi) is 5.94. The molecule has 2 aliphatic rings. The Morgan fingerprint density at radius 1 is 1.06 bits per heavy atom. The average Bonchev–Trinajstić information content (AvgIpc) is 2.85. The van der Waals surface area contributed by atoms with Crippen LogP contribution in [0.4, 0.5) is 5.82 Å². The molecule has 2 aliphatic heterocycles. The summed E-state index contributed by atoms with van der Waals surface area (Å²) in [5.74, 6) is 0.848. The Morgan fingerprint density at radius 2 is 1.91 bits per heavy atom. The van der Waals surface area contributed by atoms with Crippen LogP contribution in [0, 0.1) is 0 Å². The lowest BCUT2D eigenvalue weighted by Crippen LogP contribution is -2.41. The summed E-state index contributed by atoms with van der Waals surface area (Å²) < 4.78 is 0. The Bertz CT molecular complexity index is 1240. The number of amides is 1. The first kappa shape index (κ1) is 21.7. The highest BCUT2D eigenvalue weighted by Crippen LogP contribution is 2.33. The number of anilines is 1. The molecule has 5 rings (SSSR count). The van der Waals surface area contributed by atoms with Crippen molar-refractivity contribution in [2.24, 2.45) is 0 Å². The Morgan fingerprint density at radius 3 is 2.73 bits per heavy atom. The highest BCUT2D eigenvalue weighted by molar-refractivity contribution is 6.33. The van der Waals surface area contributed by atoms with Gasteiger partial charge in [0.2, 0.25) is 5.91 Å². The zero-order valence-corrected chi connectivity index (χ0v) is 19.7. The number of carbonyl (C=O) groups excluding carboxylic acids is 1. The maximum Gasteiger partial charge on any atom is 0.228 e. The number of aromatic nitrogens is 1. The van der Waals surface area contributed by atoms with E-state index in [9.17, 15) is 4.79 Å². The minimum atomic E-state index is 0.104. The van der Waals surface area contributed by atoms with Crippen LogP contribution in [0.5, 0.6) is 0 Å². The highest BCUT2D eigenvalue weighted by atomic mass is 35.5. The summed E-state index contributed by atoms with van der Waals surface area (Å²) in [4.78, 5) is 21.7. The molecule has 33 heavy (non-hydrogen) atoms. The summed E-state index contributed by atoms with van der Waals surface area (Å²) in [6, 6.07) is 16.7. The Hall–Kier alpha value is -3.11. The zero-order valence-electron chi connectivity index (χ0n) is 19.0. The fourth-order valence-electron chi connectivity index (χ4n) is 4.81. The van der Waals surface area contributed by atoms with E-state index < -0.39 is 0 Å². The molecule has 0 saturated carbocycles. The normalized spacial score (nSPS) is 15.3. The molecule has 0 atom stereocenters. The number of hydrogen-bond donors (Lipinski definition) is 0. The van der Waals surface area contributed by atoms with Gasteiger partial charge in [0, 0.05) is 47.6 Å². The molecule has 3 aromatic rings. The van der Waals surface area contributed by atoms with Gasteiger partial charge in [0.1, 0.15) is 5.82 Å². The lowest BCUT2D eigenvalue weighted by molar-refractivity contribution is -0.118. The minimum Gasteiger partial charge on any atom is -0.369 e. The van der Waals surface area contributed by atoms with E-state index in [1.807, 2.05) is 30.5 Å². The first-order valence-electron chi connectivity index (χ1n) is 11.6. The van der Waals surface area contributed by atoms with Crippen molar-refractivity contribution in [3.05, 3.63) is 94.3 Å². The molecule has 0 unspecified atom stereocenters. The number of rotatable bonds is 5. The van der Waals surface area contributed by atoms with Crippen LogP contribution in [0.1, 0.15) is 35.6 Å². The molecular weight excluding hydrogens is 430 g/mol. The molecule has 4 nitrogen and oxygen atoms in total. The van der Waals surface area contributed by atoms with Gasteiger partial charge >= 0.3 is 0 Å². The van der Waals surface area contributed by atoms with Gasteiger partial charge in [-0.3, -0.25) is 9.69 Å². The van der Waals surface area contributed by atoms with Crippen LogP contribution in [-0.4, -0.2) is 28.9 Å². The summed E-state index contributed by atoms with van der Waals surface area (Å²) in [5.41, 5.74) is 8.13. The third-order valence-electron chi connectivity index (χ3n) is 6.77. The summed E-state index contributed by atoms with van der Waals surface area (Å²) >= 11 is 6.39. The summed E-state index contributed by atoms with van der Waals surface area (Å²) in [6.07, 6.45) is 5.03. The van der Waals surface area contributed by atoms with Crippen LogP contribution >= 0.6 is 11.6 Å². The molecule has 0 radical (unpaired) electrons. The molecule has 1 aromatic heterocycles. The van der Waals surface area contributed by atoms with Crippen LogP contribution in [0.25, 0.3) is 11.1 Å². The van der Waals surface area contributed by atoms with Crippen LogP contribution in [0.2, 0.25) is 5.02 Å². The second kappa shape index (κ2) is 9.03. The predicted octanol–water partition coefficient (Wildman–Crippen LogP) is 5.82. The van der Waals surface area contributed by atoms with Crippen molar-refractivity contribution in [1.29, 1.82) is 0 Å². The van der Waals surface area contributed by atoms with Crippen molar-refractivity contribution in [3.8, 4) is 11.1 Å².